The Hall–Kier alpha value is -1.04. The van der Waals surface area contributed by atoms with Crippen LogP contribution in [0.25, 0.3) is 0 Å². The fourth-order valence-electron chi connectivity index (χ4n) is 1.22. The van der Waals surface area contributed by atoms with Gasteiger partial charge in [-0.05, 0) is 22.4 Å². The molecular formula is C8H13BrN4O. The van der Waals surface area contributed by atoms with Crippen LogP contribution in [0.3, 0.4) is 0 Å². The number of nitrogens with zero attached hydrogens (tertiary/aromatic N) is 3. The molecular weight excluding hydrogens is 248 g/mol. The maximum atomic E-state index is 8.46. The van der Waals surface area contributed by atoms with Gasteiger partial charge in [-0.15, -0.1) is 0 Å². The molecule has 0 spiro atoms. The van der Waals surface area contributed by atoms with E-state index in [-0.39, 0.29) is 11.9 Å². The van der Waals surface area contributed by atoms with Gasteiger partial charge >= 0.3 is 0 Å². The van der Waals surface area contributed by atoms with Crippen molar-refractivity contribution < 1.29 is 5.21 Å². The van der Waals surface area contributed by atoms with Crippen LogP contribution in [0, 0.1) is 0 Å². The molecule has 0 radical (unpaired) electrons. The lowest BCUT2D eigenvalue weighted by atomic mass is 10.1. The number of hydrogen-bond acceptors (Lipinski definition) is 3. The summed E-state index contributed by atoms with van der Waals surface area (Å²) >= 11 is 3.32. The Morgan fingerprint density at radius 1 is 1.86 bits per heavy atom. The number of halogens is 1. The van der Waals surface area contributed by atoms with Crippen LogP contribution in [0.4, 0.5) is 0 Å². The highest BCUT2D eigenvalue weighted by Crippen LogP contribution is 2.17. The second-order valence-corrected chi connectivity index (χ2v) is 3.91. The molecule has 0 aliphatic carbocycles. The normalized spacial score (nSPS) is 14.3. The lowest BCUT2D eigenvalue weighted by molar-refractivity contribution is 0.314. The van der Waals surface area contributed by atoms with E-state index in [1.165, 1.54) is 0 Å². The van der Waals surface area contributed by atoms with Crippen LogP contribution in [-0.2, 0) is 0 Å². The SMILES string of the molecule is CCC(C/C(N)=N/O)n1cc(Br)cn1. The van der Waals surface area contributed by atoms with Crippen LogP contribution in [0.15, 0.2) is 22.0 Å². The Bertz CT molecular complexity index is 323. The van der Waals surface area contributed by atoms with E-state index in [2.05, 4.69) is 26.2 Å². The number of nitrogens with two attached hydrogens (primary N) is 1. The molecule has 0 aromatic carbocycles. The van der Waals surface area contributed by atoms with E-state index in [1.54, 1.807) is 6.20 Å². The van der Waals surface area contributed by atoms with Gasteiger partial charge in [-0.3, -0.25) is 4.68 Å². The van der Waals surface area contributed by atoms with Gasteiger partial charge in [0.15, 0.2) is 0 Å². The third-order valence-electron chi connectivity index (χ3n) is 1.99. The van der Waals surface area contributed by atoms with E-state index in [0.29, 0.717) is 6.42 Å². The predicted octanol–water partition coefficient (Wildman–Crippen LogP) is 1.73. The average molecular weight is 261 g/mol. The Morgan fingerprint density at radius 3 is 3.00 bits per heavy atom. The molecule has 1 aromatic rings. The summed E-state index contributed by atoms with van der Waals surface area (Å²) in [5.74, 6) is 0.225. The van der Waals surface area contributed by atoms with Crippen LogP contribution < -0.4 is 5.73 Å². The summed E-state index contributed by atoms with van der Waals surface area (Å²) in [7, 11) is 0. The summed E-state index contributed by atoms with van der Waals surface area (Å²) in [6.07, 6.45) is 4.97. The van der Waals surface area contributed by atoms with Crippen molar-refractivity contribution in [2.75, 3.05) is 0 Å². The van der Waals surface area contributed by atoms with E-state index in [9.17, 15) is 0 Å². The quantitative estimate of drug-likeness (QED) is 0.375. The topological polar surface area (TPSA) is 76.4 Å². The van der Waals surface area contributed by atoms with Crippen molar-refractivity contribution in [3.8, 4) is 0 Å². The first-order valence-electron chi connectivity index (χ1n) is 4.33. The standard InChI is InChI=1S/C8H13BrN4O/c1-2-7(3-8(10)12-14)13-5-6(9)4-11-13/h4-5,7,14H,2-3H2,1H3,(H2,10,12). The number of hydrogen-bond donors (Lipinski definition) is 2. The van der Waals surface area contributed by atoms with Crippen molar-refractivity contribution in [1.82, 2.24) is 9.78 Å². The molecule has 6 heteroatoms. The number of amidine groups is 1. The number of aromatic nitrogens is 2. The van der Waals surface area contributed by atoms with Crippen molar-refractivity contribution in [1.29, 1.82) is 0 Å². The van der Waals surface area contributed by atoms with Gasteiger partial charge in [-0.25, -0.2) is 0 Å². The van der Waals surface area contributed by atoms with Gasteiger partial charge in [0.2, 0.25) is 0 Å². The number of oxime groups is 1. The fourth-order valence-corrected chi connectivity index (χ4v) is 1.52. The maximum absolute atomic E-state index is 8.46. The van der Waals surface area contributed by atoms with Gasteiger partial charge in [-0.2, -0.15) is 5.10 Å². The zero-order valence-electron chi connectivity index (χ0n) is 7.89. The third-order valence-corrected chi connectivity index (χ3v) is 2.40. The first-order chi connectivity index (χ1) is 6.67. The van der Waals surface area contributed by atoms with Gasteiger partial charge in [0, 0.05) is 12.6 Å². The lowest BCUT2D eigenvalue weighted by Gasteiger charge is -2.13. The molecule has 5 nitrogen and oxygen atoms in total. The molecule has 0 fully saturated rings. The summed E-state index contributed by atoms with van der Waals surface area (Å²) < 4.78 is 2.73. The molecule has 1 heterocycles. The highest BCUT2D eigenvalue weighted by atomic mass is 79.9. The Balaban J connectivity index is 2.72. The molecule has 1 atom stereocenters. The van der Waals surface area contributed by atoms with Crippen molar-refractivity contribution in [2.24, 2.45) is 10.9 Å². The van der Waals surface area contributed by atoms with Crippen molar-refractivity contribution in [2.45, 2.75) is 25.8 Å². The Labute approximate surface area is 90.7 Å². The average Bonchev–Trinajstić information content (AvgIpc) is 2.60. The molecule has 0 bridgehead atoms. The van der Waals surface area contributed by atoms with Gasteiger partial charge in [0.05, 0.1) is 16.7 Å². The monoisotopic (exact) mass is 260 g/mol. The first kappa shape index (κ1) is 11.0. The van der Waals surface area contributed by atoms with Crippen molar-refractivity contribution >= 4 is 21.8 Å². The minimum Gasteiger partial charge on any atom is -0.409 e. The van der Waals surface area contributed by atoms with Gasteiger partial charge in [-0.1, -0.05) is 12.1 Å². The van der Waals surface area contributed by atoms with Crippen LogP contribution in [0.2, 0.25) is 0 Å². The van der Waals surface area contributed by atoms with Crippen molar-refractivity contribution in [3.63, 3.8) is 0 Å². The minimum absolute atomic E-state index is 0.136. The highest BCUT2D eigenvalue weighted by Gasteiger charge is 2.11. The third kappa shape index (κ3) is 2.73. The summed E-state index contributed by atoms with van der Waals surface area (Å²) in [5.41, 5.74) is 5.44. The molecule has 0 aliphatic rings. The van der Waals surface area contributed by atoms with Gasteiger partial charge in [0.25, 0.3) is 0 Å². The van der Waals surface area contributed by atoms with Gasteiger partial charge in [0.1, 0.15) is 5.84 Å². The zero-order valence-corrected chi connectivity index (χ0v) is 9.48. The molecule has 0 saturated carbocycles. The summed E-state index contributed by atoms with van der Waals surface area (Å²) in [5, 5.41) is 15.6. The second kappa shape index (κ2) is 4.99. The van der Waals surface area contributed by atoms with Gasteiger partial charge < -0.3 is 10.9 Å². The molecule has 1 aromatic heterocycles. The van der Waals surface area contributed by atoms with E-state index >= 15 is 0 Å². The summed E-state index contributed by atoms with van der Waals surface area (Å²) in [6.45, 7) is 2.03. The Kier molecular flexibility index (Phi) is 3.94. The highest BCUT2D eigenvalue weighted by molar-refractivity contribution is 9.10. The number of rotatable bonds is 4. The minimum atomic E-state index is 0.136. The predicted molar refractivity (Wildman–Crippen MR) is 57.3 cm³/mol. The second-order valence-electron chi connectivity index (χ2n) is 3.00. The molecule has 1 rings (SSSR count). The van der Waals surface area contributed by atoms with Crippen LogP contribution in [0.5, 0.6) is 0 Å². The van der Waals surface area contributed by atoms with E-state index in [0.717, 1.165) is 10.9 Å². The van der Waals surface area contributed by atoms with E-state index in [1.807, 2.05) is 17.8 Å². The van der Waals surface area contributed by atoms with E-state index in [4.69, 9.17) is 10.9 Å². The summed E-state index contributed by atoms with van der Waals surface area (Å²) in [6, 6.07) is 0.136. The largest absolute Gasteiger partial charge is 0.409 e. The fraction of sp³-hybridized carbons (Fsp3) is 0.500. The first-order valence-corrected chi connectivity index (χ1v) is 5.12. The van der Waals surface area contributed by atoms with E-state index < -0.39 is 0 Å². The van der Waals surface area contributed by atoms with Crippen molar-refractivity contribution in [3.05, 3.63) is 16.9 Å². The zero-order chi connectivity index (χ0) is 10.6. The molecule has 0 saturated heterocycles. The molecule has 0 aliphatic heterocycles. The molecule has 78 valence electrons. The Morgan fingerprint density at radius 2 is 2.57 bits per heavy atom. The smallest absolute Gasteiger partial charge is 0.141 e. The molecule has 1 unspecified atom stereocenters. The maximum Gasteiger partial charge on any atom is 0.141 e. The molecule has 3 N–H and O–H groups in total. The lowest BCUT2D eigenvalue weighted by Crippen LogP contribution is -2.19. The molecule has 14 heavy (non-hydrogen) atoms. The van der Waals surface area contributed by atoms with Crippen LogP contribution in [0.1, 0.15) is 25.8 Å². The van der Waals surface area contributed by atoms with Crippen LogP contribution >= 0.6 is 15.9 Å². The summed E-state index contributed by atoms with van der Waals surface area (Å²) in [4.78, 5) is 0. The van der Waals surface area contributed by atoms with Crippen LogP contribution in [-0.4, -0.2) is 20.8 Å². The molecule has 0 amide bonds.